The van der Waals surface area contributed by atoms with E-state index in [1.54, 1.807) is 12.2 Å². The molecule has 0 radical (unpaired) electrons. The average Bonchev–Trinajstić information content (AvgIpc) is 2.27. The Morgan fingerprint density at radius 1 is 1.23 bits per heavy atom. The molecule has 0 saturated carbocycles. The van der Waals surface area contributed by atoms with E-state index in [1.807, 2.05) is 0 Å². The van der Waals surface area contributed by atoms with E-state index in [-0.39, 0.29) is 11.4 Å². The van der Waals surface area contributed by atoms with Crippen LogP contribution in [-0.2, 0) is 9.59 Å². The van der Waals surface area contributed by atoms with Gasteiger partial charge in [-0.1, -0.05) is 18.2 Å². The molecule has 1 rings (SSSR count). The van der Waals surface area contributed by atoms with Crippen molar-refractivity contribution in [3.05, 3.63) is 35.5 Å². The maximum atomic E-state index is 10.9. The van der Waals surface area contributed by atoms with E-state index in [1.165, 1.54) is 19.1 Å². The average molecular weight is 178 g/mol. The highest BCUT2D eigenvalue weighted by Crippen LogP contribution is 2.11. The molecule has 0 bridgehead atoms. The van der Waals surface area contributed by atoms with Crippen LogP contribution in [0.25, 0.3) is 0 Å². The highest BCUT2D eigenvalue weighted by molar-refractivity contribution is 5.97. The van der Waals surface area contributed by atoms with Gasteiger partial charge in [-0.05, 0) is 19.4 Å². The molecule has 0 atom stereocenters. The second kappa shape index (κ2) is 3.85. The molecule has 3 heteroatoms. The van der Waals surface area contributed by atoms with Gasteiger partial charge >= 0.3 is 5.97 Å². The zero-order valence-electron chi connectivity index (χ0n) is 7.28. The van der Waals surface area contributed by atoms with Gasteiger partial charge in [0.2, 0.25) is 0 Å². The van der Waals surface area contributed by atoms with Gasteiger partial charge in [0.1, 0.15) is 0 Å². The molecule has 0 heterocycles. The molecule has 0 fully saturated rings. The Balaban J connectivity index is 2.86. The number of carbonyl (C=O) groups excluding carboxylic acids is 1. The van der Waals surface area contributed by atoms with Crippen molar-refractivity contribution in [1.29, 1.82) is 0 Å². The van der Waals surface area contributed by atoms with Crippen LogP contribution in [0.2, 0.25) is 0 Å². The molecule has 0 saturated heterocycles. The lowest BCUT2D eigenvalue weighted by Crippen LogP contribution is -1.97. The molecule has 0 unspecified atom stereocenters. The lowest BCUT2D eigenvalue weighted by Gasteiger charge is -1.91. The Hall–Kier alpha value is -1.64. The molecule has 0 amide bonds. The van der Waals surface area contributed by atoms with Crippen molar-refractivity contribution in [2.24, 2.45) is 0 Å². The summed E-state index contributed by atoms with van der Waals surface area (Å²) in [4.78, 5) is 21.5. The number of carboxylic acids is 1. The molecule has 3 nitrogen and oxygen atoms in total. The Kier molecular flexibility index (Phi) is 2.80. The Morgan fingerprint density at radius 2 is 1.77 bits per heavy atom. The van der Waals surface area contributed by atoms with Gasteiger partial charge in [-0.15, -0.1) is 0 Å². The zero-order valence-corrected chi connectivity index (χ0v) is 7.28. The largest absolute Gasteiger partial charge is 0.478 e. The van der Waals surface area contributed by atoms with Gasteiger partial charge in [-0.2, -0.15) is 0 Å². The van der Waals surface area contributed by atoms with Crippen molar-refractivity contribution in [1.82, 2.24) is 0 Å². The second-order valence-corrected chi connectivity index (χ2v) is 2.75. The number of carboxylic acid groups (broad SMARTS) is 1. The van der Waals surface area contributed by atoms with Crippen molar-refractivity contribution in [2.75, 3.05) is 0 Å². The van der Waals surface area contributed by atoms with Crippen molar-refractivity contribution < 1.29 is 14.7 Å². The first-order valence-electron chi connectivity index (χ1n) is 3.94. The van der Waals surface area contributed by atoms with Gasteiger partial charge in [-0.25, -0.2) is 4.79 Å². The zero-order chi connectivity index (χ0) is 9.84. The summed E-state index contributed by atoms with van der Waals surface area (Å²) >= 11 is 0. The lowest BCUT2D eigenvalue weighted by molar-refractivity contribution is -0.132. The summed E-state index contributed by atoms with van der Waals surface area (Å²) in [6.07, 6.45) is 6.77. The van der Waals surface area contributed by atoms with E-state index in [4.69, 9.17) is 5.11 Å². The standard InChI is InChI=1S/C10H10O3/c1-7(11)8-3-2-4-9(6-5-8)10(12)13/h3-6H,2H2,1H3,(H,12,13). The molecule has 1 aliphatic carbocycles. The molecule has 1 aliphatic rings. The van der Waals surface area contributed by atoms with Crippen LogP contribution in [0.4, 0.5) is 0 Å². The molecule has 1 N–H and O–H groups in total. The van der Waals surface area contributed by atoms with E-state index in [0.717, 1.165) is 0 Å². The normalized spacial score (nSPS) is 15.8. The van der Waals surface area contributed by atoms with Crippen LogP contribution < -0.4 is 0 Å². The van der Waals surface area contributed by atoms with Crippen LogP contribution in [-0.4, -0.2) is 16.9 Å². The maximum Gasteiger partial charge on any atom is 0.335 e. The van der Waals surface area contributed by atoms with E-state index in [9.17, 15) is 9.59 Å². The van der Waals surface area contributed by atoms with E-state index < -0.39 is 5.97 Å². The van der Waals surface area contributed by atoms with Crippen LogP contribution in [0.15, 0.2) is 35.5 Å². The molecule has 0 aromatic rings. The number of rotatable bonds is 2. The topological polar surface area (TPSA) is 54.4 Å². The van der Waals surface area contributed by atoms with Gasteiger partial charge < -0.3 is 5.11 Å². The monoisotopic (exact) mass is 178 g/mol. The first-order chi connectivity index (χ1) is 6.11. The minimum Gasteiger partial charge on any atom is -0.478 e. The lowest BCUT2D eigenvalue weighted by atomic mass is 10.1. The molecule has 0 spiro atoms. The summed E-state index contributed by atoms with van der Waals surface area (Å²) in [5, 5.41) is 8.66. The fourth-order valence-corrected chi connectivity index (χ4v) is 1.05. The Labute approximate surface area is 76.1 Å². The highest BCUT2D eigenvalue weighted by atomic mass is 16.4. The van der Waals surface area contributed by atoms with Crippen molar-refractivity contribution in [3.8, 4) is 0 Å². The second-order valence-electron chi connectivity index (χ2n) is 2.75. The van der Waals surface area contributed by atoms with E-state index in [2.05, 4.69) is 0 Å². The van der Waals surface area contributed by atoms with Gasteiger partial charge in [0, 0.05) is 5.57 Å². The van der Waals surface area contributed by atoms with Crippen molar-refractivity contribution in [2.45, 2.75) is 13.3 Å². The van der Waals surface area contributed by atoms with Crippen LogP contribution in [0.5, 0.6) is 0 Å². The summed E-state index contributed by atoms with van der Waals surface area (Å²) in [6.45, 7) is 1.46. The molecular formula is C10H10O3. The molecule has 0 aliphatic heterocycles. The SMILES string of the molecule is CC(=O)C1=CCC=C(C(=O)O)C=C1. The summed E-state index contributed by atoms with van der Waals surface area (Å²) < 4.78 is 0. The van der Waals surface area contributed by atoms with Gasteiger partial charge in [0.15, 0.2) is 5.78 Å². The van der Waals surface area contributed by atoms with Crippen molar-refractivity contribution in [3.63, 3.8) is 0 Å². The van der Waals surface area contributed by atoms with Gasteiger partial charge in [0.05, 0.1) is 5.57 Å². The number of aliphatic carboxylic acids is 1. The summed E-state index contributed by atoms with van der Waals surface area (Å²) in [5.41, 5.74) is 0.792. The third-order valence-corrected chi connectivity index (χ3v) is 1.77. The third kappa shape index (κ3) is 2.40. The molecular weight excluding hydrogens is 168 g/mol. The summed E-state index contributed by atoms with van der Waals surface area (Å²) in [5.74, 6) is -1.01. The predicted molar refractivity (Wildman–Crippen MR) is 48.2 cm³/mol. The van der Waals surface area contributed by atoms with Crippen LogP contribution in [0, 0.1) is 0 Å². The molecule has 13 heavy (non-hydrogen) atoms. The highest BCUT2D eigenvalue weighted by Gasteiger charge is 2.06. The molecule has 0 aromatic heterocycles. The number of hydrogen-bond donors (Lipinski definition) is 1. The minimum atomic E-state index is -0.963. The Morgan fingerprint density at radius 3 is 2.31 bits per heavy atom. The van der Waals surface area contributed by atoms with Crippen LogP contribution >= 0.6 is 0 Å². The fourth-order valence-electron chi connectivity index (χ4n) is 1.05. The summed E-state index contributed by atoms with van der Waals surface area (Å²) in [6, 6.07) is 0. The smallest absolute Gasteiger partial charge is 0.335 e. The molecule has 68 valence electrons. The predicted octanol–water partition coefficient (Wildman–Crippen LogP) is 1.47. The Bertz CT molecular complexity index is 300. The van der Waals surface area contributed by atoms with Gasteiger partial charge in [-0.3, -0.25) is 4.79 Å². The first kappa shape index (κ1) is 9.45. The number of allylic oxidation sites excluding steroid dienone is 4. The first-order valence-corrected chi connectivity index (χ1v) is 3.94. The summed E-state index contributed by atoms with van der Waals surface area (Å²) in [7, 11) is 0. The number of Topliss-reactive ketones (excluding diaryl/α,β-unsaturated/α-hetero) is 1. The quantitative estimate of drug-likeness (QED) is 0.696. The third-order valence-electron chi connectivity index (χ3n) is 1.77. The maximum absolute atomic E-state index is 10.9. The minimum absolute atomic E-state index is 0.0451. The molecule has 0 aromatic carbocycles. The van der Waals surface area contributed by atoms with Crippen molar-refractivity contribution >= 4 is 11.8 Å². The van der Waals surface area contributed by atoms with Crippen LogP contribution in [0.1, 0.15) is 13.3 Å². The number of ketones is 1. The van der Waals surface area contributed by atoms with E-state index >= 15 is 0 Å². The number of carbonyl (C=O) groups is 2. The fraction of sp³-hybridized carbons (Fsp3) is 0.200. The van der Waals surface area contributed by atoms with Crippen LogP contribution in [0.3, 0.4) is 0 Å². The number of hydrogen-bond acceptors (Lipinski definition) is 2. The van der Waals surface area contributed by atoms with E-state index in [0.29, 0.717) is 12.0 Å². The van der Waals surface area contributed by atoms with Gasteiger partial charge in [0.25, 0.3) is 0 Å².